The van der Waals surface area contributed by atoms with E-state index in [1.54, 1.807) is 0 Å². The van der Waals surface area contributed by atoms with Crippen LogP contribution in [0.2, 0.25) is 0 Å². The van der Waals surface area contributed by atoms with Gasteiger partial charge in [0.15, 0.2) is 0 Å². The predicted octanol–water partition coefficient (Wildman–Crippen LogP) is 4.86. The highest BCUT2D eigenvalue weighted by Gasteiger charge is 2.23. The van der Waals surface area contributed by atoms with Crippen LogP contribution in [0.1, 0.15) is 84.5 Å². The highest BCUT2D eigenvalue weighted by atomic mass is 16.5. The molecule has 0 N–H and O–H groups in total. The van der Waals surface area contributed by atoms with Crippen molar-refractivity contribution in [3.8, 4) is 0 Å². The fourth-order valence-electron chi connectivity index (χ4n) is 2.72. The molecule has 0 atom stereocenters. The van der Waals surface area contributed by atoms with Crippen LogP contribution in [0.4, 0.5) is 0 Å². The van der Waals surface area contributed by atoms with E-state index in [1.807, 2.05) is 0 Å². The SMILES string of the molecule is CCCCC(CCCC)C(=O)OC1CCCCC1. The van der Waals surface area contributed by atoms with Crippen molar-refractivity contribution in [2.75, 3.05) is 0 Å². The van der Waals surface area contributed by atoms with Crippen molar-refractivity contribution >= 4 is 5.97 Å². The van der Waals surface area contributed by atoms with Gasteiger partial charge in [-0.3, -0.25) is 4.79 Å². The lowest BCUT2D eigenvalue weighted by atomic mass is 9.95. The monoisotopic (exact) mass is 254 g/mol. The molecule has 2 nitrogen and oxygen atoms in total. The Morgan fingerprint density at radius 1 is 1.06 bits per heavy atom. The largest absolute Gasteiger partial charge is 0.462 e. The molecule has 1 aliphatic carbocycles. The number of carbonyl (C=O) groups is 1. The van der Waals surface area contributed by atoms with Crippen LogP contribution in [0, 0.1) is 5.92 Å². The molecule has 18 heavy (non-hydrogen) atoms. The summed E-state index contributed by atoms with van der Waals surface area (Å²) < 4.78 is 5.71. The number of hydrogen-bond donors (Lipinski definition) is 0. The second-order valence-corrected chi connectivity index (χ2v) is 5.68. The Labute approximate surface area is 112 Å². The Kier molecular flexibility index (Phi) is 8.11. The van der Waals surface area contributed by atoms with Gasteiger partial charge in [-0.25, -0.2) is 0 Å². The van der Waals surface area contributed by atoms with E-state index in [-0.39, 0.29) is 18.0 Å². The molecule has 0 saturated heterocycles. The maximum absolute atomic E-state index is 12.2. The molecule has 1 fully saturated rings. The van der Waals surface area contributed by atoms with E-state index in [2.05, 4.69) is 13.8 Å². The standard InChI is InChI=1S/C16H30O2/c1-3-5-10-14(11-6-4-2)16(17)18-15-12-8-7-9-13-15/h14-15H,3-13H2,1-2H3. The molecule has 0 bridgehead atoms. The van der Waals surface area contributed by atoms with Crippen LogP contribution < -0.4 is 0 Å². The van der Waals surface area contributed by atoms with Crippen molar-refractivity contribution in [3.05, 3.63) is 0 Å². The van der Waals surface area contributed by atoms with Crippen LogP contribution in [0.15, 0.2) is 0 Å². The summed E-state index contributed by atoms with van der Waals surface area (Å²) in [6.07, 6.45) is 12.8. The third-order valence-electron chi connectivity index (χ3n) is 3.98. The third kappa shape index (κ3) is 5.88. The minimum Gasteiger partial charge on any atom is -0.462 e. The number of carbonyl (C=O) groups excluding carboxylic acids is 1. The van der Waals surface area contributed by atoms with Crippen LogP contribution >= 0.6 is 0 Å². The normalized spacial score (nSPS) is 17.1. The van der Waals surface area contributed by atoms with Gasteiger partial charge in [-0.1, -0.05) is 46.0 Å². The van der Waals surface area contributed by atoms with Crippen LogP contribution in [0.25, 0.3) is 0 Å². The van der Waals surface area contributed by atoms with Gasteiger partial charge in [0.05, 0.1) is 5.92 Å². The average molecular weight is 254 g/mol. The zero-order valence-electron chi connectivity index (χ0n) is 12.2. The lowest BCUT2D eigenvalue weighted by Crippen LogP contribution is -2.26. The molecule has 0 aromatic rings. The molecular weight excluding hydrogens is 224 g/mol. The molecule has 0 unspecified atom stereocenters. The Balaban J connectivity index is 2.35. The summed E-state index contributed by atoms with van der Waals surface area (Å²) in [6.45, 7) is 4.37. The highest BCUT2D eigenvalue weighted by Crippen LogP contribution is 2.24. The van der Waals surface area contributed by atoms with Gasteiger partial charge < -0.3 is 4.74 Å². The molecule has 1 aliphatic rings. The first-order valence-corrected chi connectivity index (χ1v) is 7.98. The molecule has 0 radical (unpaired) electrons. The van der Waals surface area contributed by atoms with E-state index in [1.165, 1.54) is 32.1 Å². The first-order valence-electron chi connectivity index (χ1n) is 7.98. The number of unbranched alkanes of at least 4 members (excludes halogenated alkanes) is 2. The van der Waals surface area contributed by atoms with E-state index in [4.69, 9.17) is 4.74 Å². The molecule has 0 aromatic heterocycles. The van der Waals surface area contributed by atoms with Gasteiger partial charge in [-0.2, -0.15) is 0 Å². The first kappa shape index (κ1) is 15.5. The first-order chi connectivity index (χ1) is 8.77. The Morgan fingerprint density at radius 2 is 1.61 bits per heavy atom. The number of ether oxygens (including phenoxy) is 1. The van der Waals surface area contributed by atoms with E-state index in [0.717, 1.165) is 38.5 Å². The number of esters is 1. The smallest absolute Gasteiger partial charge is 0.309 e. The minimum atomic E-state index is 0.0869. The summed E-state index contributed by atoms with van der Waals surface area (Å²) in [5.74, 6) is 0.246. The van der Waals surface area contributed by atoms with Crippen molar-refractivity contribution in [1.29, 1.82) is 0 Å². The molecule has 2 heteroatoms. The predicted molar refractivity (Wildman–Crippen MR) is 75.5 cm³/mol. The molecule has 0 aliphatic heterocycles. The molecule has 0 heterocycles. The lowest BCUT2D eigenvalue weighted by molar-refractivity contribution is -0.156. The van der Waals surface area contributed by atoms with Crippen molar-refractivity contribution in [1.82, 2.24) is 0 Å². The van der Waals surface area contributed by atoms with Crippen molar-refractivity contribution < 1.29 is 9.53 Å². The molecule has 106 valence electrons. The van der Waals surface area contributed by atoms with Gasteiger partial charge in [0.25, 0.3) is 0 Å². The average Bonchev–Trinajstić information content (AvgIpc) is 2.40. The second kappa shape index (κ2) is 9.41. The Hall–Kier alpha value is -0.530. The van der Waals surface area contributed by atoms with Crippen molar-refractivity contribution in [3.63, 3.8) is 0 Å². The molecule has 0 aromatic carbocycles. The zero-order valence-corrected chi connectivity index (χ0v) is 12.2. The fraction of sp³-hybridized carbons (Fsp3) is 0.938. The number of hydrogen-bond acceptors (Lipinski definition) is 2. The highest BCUT2D eigenvalue weighted by molar-refractivity contribution is 5.72. The van der Waals surface area contributed by atoms with Gasteiger partial charge in [0.1, 0.15) is 6.10 Å². The summed E-state index contributed by atoms with van der Waals surface area (Å²) in [6, 6.07) is 0. The Morgan fingerprint density at radius 3 is 2.11 bits per heavy atom. The van der Waals surface area contributed by atoms with Crippen LogP contribution in [0.3, 0.4) is 0 Å². The molecular formula is C16H30O2. The van der Waals surface area contributed by atoms with E-state index in [9.17, 15) is 4.79 Å². The summed E-state index contributed by atoms with van der Waals surface area (Å²) >= 11 is 0. The molecule has 0 amide bonds. The van der Waals surface area contributed by atoms with E-state index >= 15 is 0 Å². The van der Waals surface area contributed by atoms with Gasteiger partial charge in [-0.05, 0) is 38.5 Å². The van der Waals surface area contributed by atoms with Crippen molar-refractivity contribution in [2.24, 2.45) is 5.92 Å². The summed E-state index contributed by atoms with van der Waals surface area (Å²) in [4.78, 5) is 12.2. The molecule has 0 spiro atoms. The van der Waals surface area contributed by atoms with Crippen LogP contribution in [-0.2, 0) is 9.53 Å². The maximum Gasteiger partial charge on any atom is 0.309 e. The Bertz CT molecular complexity index is 211. The van der Waals surface area contributed by atoms with Crippen molar-refractivity contribution in [2.45, 2.75) is 90.6 Å². The maximum atomic E-state index is 12.2. The van der Waals surface area contributed by atoms with Crippen LogP contribution in [-0.4, -0.2) is 12.1 Å². The van der Waals surface area contributed by atoms with E-state index in [0.29, 0.717) is 0 Å². The number of rotatable bonds is 8. The quantitative estimate of drug-likeness (QED) is 0.578. The fourth-order valence-corrected chi connectivity index (χ4v) is 2.72. The summed E-state index contributed by atoms with van der Waals surface area (Å²) in [7, 11) is 0. The summed E-state index contributed by atoms with van der Waals surface area (Å²) in [5.41, 5.74) is 0. The lowest BCUT2D eigenvalue weighted by Gasteiger charge is -2.24. The molecule has 1 saturated carbocycles. The third-order valence-corrected chi connectivity index (χ3v) is 3.98. The van der Waals surface area contributed by atoms with Gasteiger partial charge in [-0.15, -0.1) is 0 Å². The second-order valence-electron chi connectivity index (χ2n) is 5.68. The van der Waals surface area contributed by atoms with E-state index < -0.39 is 0 Å². The van der Waals surface area contributed by atoms with Gasteiger partial charge >= 0.3 is 5.97 Å². The van der Waals surface area contributed by atoms with Gasteiger partial charge in [0, 0.05) is 0 Å². The van der Waals surface area contributed by atoms with Crippen LogP contribution in [0.5, 0.6) is 0 Å². The van der Waals surface area contributed by atoms with Gasteiger partial charge in [0.2, 0.25) is 0 Å². The topological polar surface area (TPSA) is 26.3 Å². The molecule has 1 rings (SSSR count). The minimum absolute atomic E-state index is 0.0869. The summed E-state index contributed by atoms with van der Waals surface area (Å²) in [5, 5.41) is 0. The zero-order chi connectivity index (χ0) is 13.2.